The highest BCUT2D eigenvalue weighted by molar-refractivity contribution is 5.93. The van der Waals surface area contributed by atoms with Crippen molar-refractivity contribution in [3.05, 3.63) is 95.0 Å². The fraction of sp³-hybridized carbons (Fsp3) is 0.231. The minimum atomic E-state index is -0.210. The molecule has 0 aliphatic carbocycles. The van der Waals surface area contributed by atoms with Crippen LogP contribution in [0.25, 0.3) is 5.65 Å². The summed E-state index contributed by atoms with van der Waals surface area (Å²) in [5.74, 6) is -0.226. The van der Waals surface area contributed by atoms with Gasteiger partial charge in [0.05, 0.1) is 6.54 Å². The van der Waals surface area contributed by atoms with Gasteiger partial charge in [0, 0.05) is 36.6 Å². The normalized spacial score (nSPS) is 14.1. The van der Waals surface area contributed by atoms with Gasteiger partial charge >= 0.3 is 11.7 Å². The maximum atomic E-state index is 12.9. The standard InChI is InChI=1S/C26H26N6O3/c33-24(20-12-15-30(16-13-20)25(34)28-21-8-2-1-3-9-21)27-22-10-6-7-19(17-22)18-32-26(35)31-14-5-4-11-23(31)29-32/h1-11,14,17,20H,12-13,15-16,18H2,(H,27,33)(H,28,34). The predicted molar refractivity (Wildman–Crippen MR) is 133 cm³/mol. The molecule has 4 aromatic rings. The smallest absolute Gasteiger partial charge is 0.326 e. The van der Waals surface area contributed by atoms with Gasteiger partial charge in [0.25, 0.3) is 0 Å². The zero-order valence-electron chi connectivity index (χ0n) is 19.1. The fourth-order valence-electron chi connectivity index (χ4n) is 4.30. The number of urea groups is 1. The summed E-state index contributed by atoms with van der Waals surface area (Å²) in [4.78, 5) is 39.6. The van der Waals surface area contributed by atoms with E-state index in [4.69, 9.17) is 0 Å². The summed E-state index contributed by atoms with van der Waals surface area (Å²) in [5.41, 5.74) is 2.67. The summed E-state index contributed by atoms with van der Waals surface area (Å²) in [7, 11) is 0. The topological polar surface area (TPSA) is 101 Å². The van der Waals surface area contributed by atoms with E-state index in [9.17, 15) is 14.4 Å². The molecule has 0 bridgehead atoms. The molecule has 0 unspecified atom stereocenters. The molecule has 2 aromatic heterocycles. The number of benzene rings is 2. The van der Waals surface area contributed by atoms with Crippen LogP contribution in [0.1, 0.15) is 18.4 Å². The molecular weight excluding hydrogens is 444 g/mol. The summed E-state index contributed by atoms with van der Waals surface area (Å²) >= 11 is 0. The third-order valence-corrected chi connectivity index (χ3v) is 6.19. The summed E-state index contributed by atoms with van der Waals surface area (Å²) < 4.78 is 2.91. The van der Waals surface area contributed by atoms with Gasteiger partial charge in [-0.15, -0.1) is 5.10 Å². The predicted octanol–water partition coefficient (Wildman–Crippen LogP) is 3.43. The van der Waals surface area contributed by atoms with Crippen LogP contribution in [0.5, 0.6) is 0 Å². The molecule has 1 aliphatic heterocycles. The van der Waals surface area contributed by atoms with Crippen LogP contribution in [0, 0.1) is 5.92 Å². The average Bonchev–Trinajstić information content (AvgIpc) is 3.20. The van der Waals surface area contributed by atoms with Crippen LogP contribution in [0.15, 0.2) is 83.8 Å². The number of nitrogens with one attached hydrogen (secondary N) is 2. The van der Waals surface area contributed by atoms with E-state index in [-0.39, 0.29) is 23.5 Å². The molecule has 9 heteroatoms. The monoisotopic (exact) mass is 470 g/mol. The zero-order valence-corrected chi connectivity index (χ0v) is 19.1. The Kier molecular flexibility index (Phi) is 6.30. The number of likely N-dealkylation sites (tertiary alicyclic amines) is 1. The third-order valence-electron chi connectivity index (χ3n) is 6.19. The molecule has 178 valence electrons. The maximum absolute atomic E-state index is 12.9. The van der Waals surface area contributed by atoms with E-state index in [0.29, 0.717) is 43.8 Å². The van der Waals surface area contributed by atoms with Crippen molar-refractivity contribution < 1.29 is 9.59 Å². The first kappa shape index (κ1) is 22.4. The van der Waals surface area contributed by atoms with E-state index in [1.807, 2.05) is 60.7 Å². The van der Waals surface area contributed by atoms with Crippen LogP contribution >= 0.6 is 0 Å². The van der Waals surface area contributed by atoms with Crippen LogP contribution in [0.2, 0.25) is 0 Å². The SMILES string of the molecule is O=C(Nc1cccc(Cn2nc3ccccn3c2=O)c1)C1CCN(C(=O)Nc2ccccc2)CC1. The molecule has 1 fully saturated rings. The number of aromatic nitrogens is 3. The zero-order chi connectivity index (χ0) is 24.2. The molecular formula is C26H26N6O3. The molecule has 2 N–H and O–H groups in total. The number of carbonyl (C=O) groups excluding carboxylic acids is 2. The second kappa shape index (κ2) is 9.84. The Morgan fingerprint density at radius 1 is 0.886 bits per heavy atom. The summed E-state index contributed by atoms with van der Waals surface area (Å²) in [6, 6.07) is 22.0. The van der Waals surface area contributed by atoms with E-state index >= 15 is 0 Å². The molecule has 3 amide bonds. The Hall–Kier alpha value is -4.40. The number of hydrogen-bond donors (Lipinski definition) is 2. The highest BCUT2D eigenvalue weighted by atomic mass is 16.2. The van der Waals surface area contributed by atoms with Crippen molar-refractivity contribution >= 4 is 29.0 Å². The van der Waals surface area contributed by atoms with Crippen LogP contribution in [0.4, 0.5) is 16.2 Å². The lowest BCUT2D eigenvalue weighted by Gasteiger charge is -2.31. The van der Waals surface area contributed by atoms with E-state index < -0.39 is 0 Å². The minimum Gasteiger partial charge on any atom is -0.326 e. The molecule has 1 aliphatic rings. The average molecular weight is 471 g/mol. The number of fused-ring (bicyclic) bond motifs is 1. The first-order valence-corrected chi connectivity index (χ1v) is 11.6. The number of nitrogens with zero attached hydrogens (tertiary/aromatic N) is 4. The van der Waals surface area contributed by atoms with Crippen molar-refractivity contribution in [1.82, 2.24) is 19.1 Å². The van der Waals surface area contributed by atoms with Crippen molar-refractivity contribution in [3.63, 3.8) is 0 Å². The van der Waals surface area contributed by atoms with Gasteiger partial charge in [-0.3, -0.25) is 9.20 Å². The lowest BCUT2D eigenvalue weighted by atomic mass is 9.96. The molecule has 2 aromatic carbocycles. The van der Waals surface area contributed by atoms with Gasteiger partial charge < -0.3 is 15.5 Å². The largest absolute Gasteiger partial charge is 0.350 e. The lowest BCUT2D eigenvalue weighted by molar-refractivity contribution is -0.121. The Balaban J connectivity index is 1.17. The van der Waals surface area contributed by atoms with Crippen LogP contribution in [-0.4, -0.2) is 44.1 Å². The van der Waals surface area contributed by atoms with Gasteiger partial charge in [-0.2, -0.15) is 0 Å². The molecule has 0 atom stereocenters. The van der Waals surface area contributed by atoms with Crippen LogP contribution < -0.4 is 16.3 Å². The molecule has 0 spiro atoms. The van der Waals surface area contributed by atoms with Crippen molar-refractivity contribution in [2.75, 3.05) is 23.7 Å². The number of pyridine rings is 1. The molecule has 0 radical (unpaired) electrons. The van der Waals surface area contributed by atoms with Crippen molar-refractivity contribution in [1.29, 1.82) is 0 Å². The number of hydrogen-bond acceptors (Lipinski definition) is 4. The Bertz CT molecular complexity index is 1400. The minimum absolute atomic E-state index is 0.0600. The molecule has 9 nitrogen and oxygen atoms in total. The van der Waals surface area contributed by atoms with E-state index in [1.165, 1.54) is 9.08 Å². The summed E-state index contributed by atoms with van der Waals surface area (Å²) in [6.45, 7) is 1.35. The van der Waals surface area contributed by atoms with Gasteiger partial charge in [0.15, 0.2) is 5.65 Å². The van der Waals surface area contributed by atoms with Crippen molar-refractivity contribution in [2.24, 2.45) is 5.92 Å². The van der Waals surface area contributed by atoms with E-state index in [1.54, 1.807) is 23.2 Å². The van der Waals surface area contributed by atoms with Gasteiger partial charge in [-0.25, -0.2) is 14.3 Å². The Morgan fingerprint density at radius 2 is 1.63 bits per heavy atom. The lowest BCUT2D eigenvalue weighted by Crippen LogP contribution is -2.43. The number of anilines is 2. The molecule has 1 saturated heterocycles. The number of amides is 3. The molecule has 5 rings (SSSR count). The van der Waals surface area contributed by atoms with E-state index in [2.05, 4.69) is 15.7 Å². The molecule has 35 heavy (non-hydrogen) atoms. The van der Waals surface area contributed by atoms with Gasteiger partial charge in [-0.1, -0.05) is 36.4 Å². The number of piperidine rings is 1. The molecule has 0 saturated carbocycles. The Morgan fingerprint density at radius 3 is 2.40 bits per heavy atom. The highest BCUT2D eigenvalue weighted by Crippen LogP contribution is 2.21. The molecule has 3 heterocycles. The number of rotatable bonds is 5. The van der Waals surface area contributed by atoms with Crippen molar-refractivity contribution in [2.45, 2.75) is 19.4 Å². The van der Waals surface area contributed by atoms with Gasteiger partial charge in [-0.05, 0) is 54.8 Å². The van der Waals surface area contributed by atoms with Crippen LogP contribution in [-0.2, 0) is 11.3 Å². The highest BCUT2D eigenvalue weighted by Gasteiger charge is 2.27. The van der Waals surface area contributed by atoms with Crippen LogP contribution in [0.3, 0.4) is 0 Å². The summed E-state index contributed by atoms with van der Waals surface area (Å²) in [5, 5.41) is 10.2. The first-order chi connectivity index (χ1) is 17.1. The number of carbonyl (C=O) groups is 2. The van der Waals surface area contributed by atoms with Crippen molar-refractivity contribution in [3.8, 4) is 0 Å². The Labute approximate surface area is 202 Å². The fourth-order valence-corrected chi connectivity index (χ4v) is 4.30. The van der Waals surface area contributed by atoms with E-state index in [0.717, 1.165) is 11.3 Å². The van der Waals surface area contributed by atoms with Gasteiger partial charge in [0.1, 0.15) is 0 Å². The quantitative estimate of drug-likeness (QED) is 0.467. The summed E-state index contributed by atoms with van der Waals surface area (Å²) in [6.07, 6.45) is 2.89. The second-order valence-corrected chi connectivity index (χ2v) is 8.62. The first-order valence-electron chi connectivity index (χ1n) is 11.6. The second-order valence-electron chi connectivity index (χ2n) is 8.62. The third kappa shape index (κ3) is 5.08. The van der Waals surface area contributed by atoms with Gasteiger partial charge in [0.2, 0.25) is 5.91 Å². The maximum Gasteiger partial charge on any atom is 0.350 e. The number of para-hydroxylation sites is 1.